The van der Waals surface area contributed by atoms with Gasteiger partial charge < -0.3 is 0 Å². The smallest absolute Gasteiger partial charge is 0.207 e. The highest BCUT2D eigenvalue weighted by Crippen LogP contribution is 2.34. The molecule has 1 aromatic rings. The van der Waals surface area contributed by atoms with Crippen LogP contribution in [0.3, 0.4) is 0 Å². The molecule has 1 N–H and O–H groups in total. The lowest BCUT2D eigenvalue weighted by molar-refractivity contribution is -0.138. The summed E-state index contributed by atoms with van der Waals surface area (Å²) in [5, 5.41) is 8.86. The summed E-state index contributed by atoms with van der Waals surface area (Å²) in [4.78, 5) is -0.464. The van der Waals surface area contributed by atoms with Gasteiger partial charge in [-0.1, -0.05) is 19.4 Å². The molecular formula is C13H15F3N2O2S. The second-order valence-electron chi connectivity index (χ2n) is 4.52. The Bertz CT molecular complexity index is 648. The van der Waals surface area contributed by atoms with Gasteiger partial charge in [0.25, 0.3) is 0 Å². The van der Waals surface area contributed by atoms with Crippen molar-refractivity contribution in [3.05, 3.63) is 29.3 Å². The maximum atomic E-state index is 12.8. The quantitative estimate of drug-likeness (QED) is 0.906. The topological polar surface area (TPSA) is 70.0 Å². The Hall–Kier alpha value is -1.59. The molecule has 0 radical (unpaired) electrons. The summed E-state index contributed by atoms with van der Waals surface area (Å²) in [7, 11) is -4.18. The fourth-order valence-corrected chi connectivity index (χ4v) is 3.34. The first-order valence-electron chi connectivity index (χ1n) is 6.22. The van der Waals surface area contributed by atoms with Gasteiger partial charge in [-0.3, -0.25) is 0 Å². The van der Waals surface area contributed by atoms with Crippen LogP contribution in [0, 0.1) is 18.3 Å². The van der Waals surface area contributed by atoms with Gasteiger partial charge in [0.1, 0.15) is 6.04 Å². The van der Waals surface area contributed by atoms with Crippen molar-refractivity contribution in [2.24, 2.45) is 0 Å². The third-order valence-corrected chi connectivity index (χ3v) is 4.53. The van der Waals surface area contributed by atoms with E-state index in [1.165, 1.54) is 0 Å². The monoisotopic (exact) mass is 320 g/mol. The highest BCUT2D eigenvalue weighted by Gasteiger charge is 2.34. The molecule has 0 fully saturated rings. The van der Waals surface area contributed by atoms with Gasteiger partial charge in [0.15, 0.2) is 0 Å². The van der Waals surface area contributed by atoms with E-state index in [-0.39, 0.29) is 12.0 Å². The van der Waals surface area contributed by atoms with Gasteiger partial charge in [-0.05, 0) is 31.0 Å². The molecule has 0 bridgehead atoms. The van der Waals surface area contributed by atoms with Crippen LogP contribution >= 0.6 is 0 Å². The first kappa shape index (κ1) is 17.5. The molecule has 0 aliphatic heterocycles. The maximum Gasteiger partial charge on any atom is 0.416 e. The van der Waals surface area contributed by atoms with E-state index < -0.39 is 32.7 Å². The molecule has 0 aromatic heterocycles. The fraction of sp³-hybridized carbons (Fsp3) is 0.462. The van der Waals surface area contributed by atoms with Gasteiger partial charge in [-0.15, -0.1) is 0 Å². The maximum absolute atomic E-state index is 12.8. The number of nitriles is 1. The minimum absolute atomic E-state index is 0.285. The van der Waals surface area contributed by atoms with Gasteiger partial charge in [0.2, 0.25) is 10.0 Å². The van der Waals surface area contributed by atoms with Crippen LogP contribution in [0.15, 0.2) is 23.1 Å². The molecule has 116 valence electrons. The molecule has 1 aromatic carbocycles. The standard InChI is InChI=1S/C13H15F3N2O2S/c1-3-5-10(8-17)18-21(19,20)12-7-4-6-11(9(12)2)13(14,15)16/h4,6-7,10,18H,3,5H2,1-2H3. The average Bonchev–Trinajstić information content (AvgIpc) is 2.36. The predicted octanol–water partition coefficient (Wildman–Crippen LogP) is 2.98. The molecule has 1 unspecified atom stereocenters. The number of nitrogens with zero attached hydrogens (tertiary/aromatic N) is 1. The van der Waals surface area contributed by atoms with Crippen molar-refractivity contribution < 1.29 is 21.6 Å². The first-order chi connectivity index (χ1) is 9.63. The molecule has 8 heteroatoms. The van der Waals surface area contributed by atoms with Crippen molar-refractivity contribution in [2.45, 2.75) is 43.8 Å². The zero-order chi connectivity index (χ0) is 16.3. The number of hydrogen-bond donors (Lipinski definition) is 1. The Morgan fingerprint density at radius 1 is 1.38 bits per heavy atom. The molecule has 0 saturated carbocycles. The molecule has 21 heavy (non-hydrogen) atoms. The third-order valence-electron chi connectivity index (χ3n) is 2.91. The van der Waals surface area contributed by atoms with E-state index in [1.807, 2.05) is 0 Å². The van der Waals surface area contributed by atoms with Gasteiger partial charge in [0.05, 0.1) is 16.5 Å². The van der Waals surface area contributed by atoms with Crippen LogP contribution in [-0.2, 0) is 16.2 Å². The Labute approximate surface area is 121 Å². The van der Waals surface area contributed by atoms with E-state index in [9.17, 15) is 21.6 Å². The largest absolute Gasteiger partial charge is 0.416 e. The van der Waals surface area contributed by atoms with Crippen molar-refractivity contribution in [1.82, 2.24) is 4.72 Å². The molecule has 0 heterocycles. The van der Waals surface area contributed by atoms with Crippen LogP contribution < -0.4 is 4.72 Å². The Balaban J connectivity index is 3.25. The summed E-state index contributed by atoms with van der Waals surface area (Å²) in [6.45, 7) is 2.87. The van der Waals surface area contributed by atoms with E-state index in [1.54, 1.807) is 13.0 Å². The van der Waals surface area contributed by atoms with Crippen LogP contribution in [0.4, 0.5) is 13.2 Å². The van der Waals surface area contributed by atoms with Gasteiger partial charge >= 0.3 is 6.18 Å². The highest BCUT2D eigenvalue weighted by atomic mass is 32.2. The number of hydrogen-bond acceptors (Lipinski definition) is 3. The fourth-order valence-electron chi connectivity index (χ4n) is 1.90. The van der Waals surface area contributed by atoms with Crippen molar-refractivity contribution in [3.63, 3.8) is 0 Å². The van der Waals surface area contributed by atoms with Gasteiger partial charge in [0, 0.05) is 0 Å². The molecule has 0 aliphatic carbocycles. The summed E-state index contributed by atoms with van der Waals surface area (Å²) >= 11 is 0. The average molecular weight is 320 g/mol. The summed E-state index contributed by atoms with van der Waals surface area (Å²) in [6.07, 6.45) is -3.77. The van der Waals surface area contributed by atoms with Crippen molar-refractivity contribution in [2.75, 3.05) is 0 Å². The van der Waals surface area contributed by atoms with E-state index in [2.05, 4.69) is 4.72 Å². The SMILES string of the molecule is CCCC(C#N)NS(=O)(=O)c1cccc(C(F)(F)F)c1C. The number of nitrogens with one attached hydrogen (secondary N) is 1. The molecule has 1 rings (SSSR count). The number of benzene rings is 1. The molecular weight excluding hydrogens is 305 g/mol. The van der Waals surface area contributed by atoms with Crippen LogP contribution in [0.25, 0.3) is 0 Å². The summed E-state index contributed by atoms with van der Waals surface area (Å²) in [6, 6.07) is 3.76. The number of alkyl halides is 3. The molecule has 0 spiro atoms. The van der Waals surface area contributed by atoms with Crippen LogP contribution in [0.2, 0.25) is 0 Å². The minimum Gasteiger partial charge on any atom is -0.207 e. The lowest BCUT2D eigenvalue weighted by Crippen LogP contribution is -2.34. The zero-order valence-corrected chi connectivity index (χ0v) is 12.3. The third kappa shape index (κ3) is 4.19. The van der Waals surface area contributed by atoms with Gasteiger partial charge in [-0.25, -0.2) is 8.42 Å². The Morgan fingerprint density at radius 2 is 2.00 bits per heavy atom. The molecule has 4 nitrogen and oxygen atoms in total. The minimum atomic E-state index is -4.63. The second-order valence-corrected chi connectivity index (χ2v) is 6.20. The lowest BCUT2D eigenvalue weighted by atomic mass is 10.1. The van der Waals surface area contributed by atoms with Crippen LogP contribution in [0.1, 0.15) is 30.9 Å². The van der Waals surface area contributed by atoms with Crippen molar-refractivity contribution >= 4 is 10.0 Å². The van der Waals surface area contributed by atoms with E-state index in [4.69, 9.17) is 5.26 Å². The molecule has 0 saturated heterocycles. The Morgan fingerprint density at radius 3 is 2.48 bits per heavy atom. The summed E-state index contributed by atoms with van der Waals surface area (Å²) in [5.41, 5.74) is -1.39. The van der Waals surface area contributed by atoms with Crippen molar-refractivity contribution in [1.29, 1.82) is 5.26 Å². The molecule has 1 atom stereocenters. The van der Waals surface area contributed by atoms with E-state index in [0.717, 1.165) is 25.1 Å². The number of halogens is 3. The lowest BCUT2D eigenvalue weighted by Gasteiger charge is -2.16. The Kier molecular flexibility index (Phi) is 5.36. The first-order valence-corrected chi connectivity index (χ1v) is 7.70. The van der Waals surface area contributed by atoms with Crippen molar-refractivity contribution in [3.8, 4) is 6.07 Å². The predicted molar refractivity (Wildman–Crippen MR) is 70.8 cm³/mol. The van der Waals surface area contributed by atoms with E-state index in [0.29, 0.717) is 6.42 Å². The van der Waals surface area contributed by atoms with Crippen LogP contribution in [-0.4, -0.2) is 14.5 Å². The summed E-state index contributed by atoms with van der Waals surface area (Å²) < 4.78 is 64.8. The van der Waals surface area contributed by atoms with Crippen LogP contribution in [0.5, 0.6) is 0 Å². The number of rotatable bonds is 5. The molecule has 0 amide bonds. The zero-order valence-electron chi connectivity index (χ0n) is 11.5. The van der Waals surface area contributed by atoms with E-state index >= 15 is 0 Å². The van der Waals surface area contributed by atoms with Gasteiger partial charge in [-0.2, -0.15) is 23.2 Å². The second kappa shape index (κ2) is 6.45. The highest BCUT2D eigenvalue weighted by molar-refractivity contribution is 7.89. The summed E-state index contributed by atoms with van der Waals surface area (Å²) in [5.74, 6) is 0. The normalized spacial score (nSPS) is 13.7. The number of sulfonamides is 1. The molecule has 0 aliphatic rings.